The molecule has 2 aromatic heterocycles. The molecule has 4 heterocycles. The zero-order valence-corrected chi connectivity index (χ0v) is 27.8. The second-order valence-electron chi connectivity index (χ2n) is 12.5. The van der Waals surface area contributed by atoms with Crippen molar-refractivity contribution in [2.45, 2.75) is 39.0 Å². The van der Waals surface area contributed by atoms with Crippen LogP contribution in [-0.2, 0) is 49.4 Å². The highest BCUT2D eigenvalue weighted by molar-refractivity contribution is 7.79. The summed E-state index contributed by atoms with van der Waals surface area (Å²) in [6.07, 6.45) is 2.29. The summed E-state index contributed by atoms with van der Waals surface area (Å²) in [4.78, 5) is 4.84. The molecule has 0 bridgehead atoms. The molecule has 9 heteroatoms. The standard InChI is InChI=1S/2C19H20N2.H2O4S/c2*1-20-12-11-19-17(14-20)16-9-5-6-10-18(16)21(19)13-15-7-3-2-4-8-15;1-5(2,3)4/h2*2-10H,11-14H2,1H3;(H2,1,2,3,4). The SMILES string of the molecule is CN1CCc2c(c3ccccc3n2Cc2ccccc2)C1.CN1CCc2c(c3ccccc3n2Cc2ccccc2)C1.O=S(=O)(O)O. The highest BCUT2D eigenvalue weighted by Gasteiger charge is 2.23. The maximum atomic E-state index is 8.74. The zero-order chi connectivity index (χ0) is 33.0. The quantitative estimate of drug-likeness (QED) is 0.207. The fraction of sp³-hybridized carbons (Fsp3) is 0.263. The van der Waals surface area contributed by atoms with Gasteiger partial charge in [-0.1, -0.05) is 97.1 Å². The monoisotopic (exact) mass is 650 g/mol. The predicted octanol–water partition coefficient (Wildman–Crippen LogP) is 6.70. The molecule has 8 nitrogen and oxygen atoms in total. The first-order valence-corrected chi connectivity index (χ1v) is 17.4. The van der Waals surface area contributed by atoms with Gasteiger partial charge < -0.3 is 18.9 Å². The van der Waals surface area contributed by atoms with Crippen molar-refractivity contribution < 1.29 is 17.5 Å². The Bertz CT molecular complexity index is 1930. The normalized spacial score (nSPS) is 14.9. The summed E-state index contributed by atoms with van der Waals surface area (Å²) in [7, 11) is -0.238. The molecule has 0 unspecified atom stereocenters. The predicted molar refractivity (Wildman–Crippen MR) is 189 cm³/mol. The average Bonchev–Trinajstić information content (AvgIpc) is 3.53. The lowest BCUT2D eigenvalue weighted by atomic mass is 10.1. The van der Waals surface area contributed by atoms with E-state index in [4.69, 9.17) is 17.5 Å². The molecule has 244 valence electrons. The maximum absolute atomic E-state index is 8.74. The molecule has 6 aromatic rings. The second-order valence-corrected chi connectivity index (χ2v) is 13.3. The van der Waals surface area contributed by atoms with Gasteiger partial charge in [0.05, 0.1) is 0 Å². The molecule has 2 aliphatic rings. The van der Waals surface area contributed by atoms with Crippen molar-refractivity contribution in [3.63, 3.8) is 0 Å². The van der Waals surface area contributed by atoms with Crippen molar-refractivity contribution in [1.29, 1.82) is 0 Å². The molecule has 4 aromatic carbocycles. The maximum Gasteiger partial charge on any atom is 0.394 e. The molecule has 47 heavy (non-hydrogen) atoms. The topological polar surface area (TPSA) is 90.9 Å². The number of rotatable bonds is 4. The van der Waals surface area contributed by atoms with Crippen LogP contribution < -0.4 is 0 Å². The summed E-state index contributed by atoms with van der Waals surface area (Å²) < 4.78 is 36.6. The molecule has 8 rings (SSSR count). The fourth-order valence-corrected chi connectivity index (χ4v) is 6.97. The van der Waals surface area contributed by atoms with Crippen LogP contribution >= 0.6 is 0 Å². The van der Waals surface area contributed by atoms with Crippen LogP contribution in [0.4, 0.5) is 0 Å². The Morgan fingerprint density at radius 2 is 0.894 bits per heavy atom. The molecule has 0 radical (unpaired) electrons. The number of fused-ring (bicyclic) bond motifs is 6. The minimum Gasteiger partial charge on any atom is -0.340 e. The lowest BCUT2D eigenvalue weighted by molar-refractivity contribution is 0.310. The van der Waals surface area contributed by atoms with Gasteiger partial charge in [-0.3, -0.25) is 9.11 Å². The first-order valence-electron chi connectivity index (χ1n) is 16.0. The third-order valence-corrected chi connectivity index (χ3v) is 9.07. The van der Waals surface area contributed by atoms with Gasteiger partial charge in [-0.15, -0.1) is 0 Å². The van der Waals surface area contributed by atoms with E-state index < -0.39 is 10.4 Å². The average molecular weight is 651 g/mol. The van der Waals surface area contributed by atoms with E-state index in [-0.39, 0.29) is 0 Å². The number of benzene rings is 4. The third-order valence-electron chi connectivity index (χ3n) is 9.07. The van der Waals surface area contributed by atoms with Crippen LogP contribution in [0.1, 0.15) is 33.6 Å². The minimum absolute atomic E-state index is 0.973. The smallest absolute Gasteiger partial charge is 0.340 e. The third kappa shape index (κ3) is 7.84. The highest BCUT2D eigenvalue weighted by atomic mass is 32.3. The van der Waals surface area contributed by atoms with Crippen LogP contribution in [0.25, 0.3) is 21.8 Å². The lowest BCUT2D eigenvalue weighted by Crippen LogP contribution is -2.27. The van der Waals surface area contributed by atoms with Crippen LogP contribution in [0.2, 0.25) is 0 Å². The van der Waals surface area contributed by atoms with E-state index in [2.05, 4.69) is 142 Å². The molecule has 0 saturated heterocycles. The number of hydrogen-bond acceptors (Lipinski definition) is 4. The van der Waals surface area contributed by atoms with Gasteiger partial charge in [0.15, 0.2) is 0 Å². The van der Waals surface area contributed by atoms with Gasteiger partial charge in [0.25, 0.3) is 0 Å². The molecule has 2 aliphatic heterocycles. The number of nitrogens with zero attached hydrogens (tertiary/aromatic N) is 4. The molecular weight excluding hydrogens is 609 g/mol. The van der Waals surface area contributed by atoms with Crippen molar-refractivity contribution in [3.8, 4) is 0 Å². The van der Waals surface area contributed by atoms with Gasteiger partial charge in [0, 0.05) is 85.3 Å². The Morgan fingerprint density at radius 1 is 0.553 bits per heavy atom. The Kier molecular flexibility index (Phi) is 9.91. The molecule has 0 amide bonds. The molecule has 0 spiro atoms. The number of likely N-dealkylation sites (N-methyl/N-ethyl adjacent to an activating group) is 2. The first kappa shape index (κ1) is 32.7. The summed E-state index contributed by atoms with van der Waals surface area (Å²) in [6, 6.07) is 39.2. The van der Waals surface area contributed by atoms with Crippen LogP contribution in [0.5, 0.6) is 0 Å². The van der Waals surface area contributed by atoms with Crippen molar-refractivity contribution in [2.24, 2.45) is 0 Å². The van der Waals surface area contributed by atoms with E-state index >= 15 is 0 Å². The number of aromatic nitrogens is 2. The van der Waals surface area contributed by atoms with Crippen molar-refractivity contribution >= 4 is 32.2 Å². The van der Waals surface area contributed by atoms with E-state index in [1.807, 2.05) is 0 Å². The summed E-state index contributed by atoms with van der Waals surface area (Å²) in [5.74, 6) is 0. The Morgan fingerprint density at radius 3 is 1.28 bits per heavy atom. The van der Waals surface area contributed by atoms with Crippen molar-refractivity contribution in [3.05, 3.63) is 143 Å². The highest BCUT2D eigenvalue weighted by Crippen LogP contribution is 2.32. The minimum atomic E-state index is -4.67. The largest absolute Gasteiger partial charge is 0.394 e. The number of para-hydroxylation sites is 2. The van der Waals surface area contributed by atoms with Crippen LogP contribution in [0.3, 0.4) is 0 Å². The van der Waals surface area contributed by atoms with Gasteiger partial charge in [0.2, 0.25) is 0 Å². The Labute approximate surface area is 277 Å². The lowest BCUT2D eigenvalue weighted by Gasteiger charge is -2.24. The molecule has 0 aliphatic carbocycles. The Balaban J connectivity index is 0.000000144. The van der Waals surface area contributed by atoms with Crippen LogP contribution in [0.15, 0.2) is 109 Å². The summed E-state index contributed by atoms with van der Waals surface area (Å²) in [5, 5.41) is 2.85. The van der Waals surface area contributed by atoms with Gasteiger partial charge >= 0.3 is 10.4 Å². The molecule has 0 saturated carbocycles. The zero-order valence-electron chi connectivity index (χ0n) is 27.0. The van der Waals surface area contributed by atoms with E-state index in [0.717, 1.165) is 52.1 Å². The summed E-state index contributed by atoms with van der Waals surface area (Å²) in [5.41, 5.74) is 11.6. The van der Waals surface area contributed by atoms with Crippen LogP contribution in [-0.4, -0.2) is 63.6 Å². The number of hydrogen-bond donors (Lipinski definition) is 2. The van der Waals surface area contributed by atoms with Crippen molar-refractivity contribution in [1.82, 2.24) is 18.9 Å². The second kappa shape index (κ2) is 14.3. The van der Waals surface area contributed by atoms with Gasteiger partial charge in [-0.2, -0.15) is 8.42 Å². The summed E-state index contributed by atoms with van der Waals surface area (Å²) in [6.45, 7) is 6.38. The molecular formula is C38H42N4O4S. The van der Waals surface area contributed by atoms with E-state index in [1.165, 1.54) is 55.4 Å². The van der Waals surface area contributed by atoms with Crippen LogP contribution in [0, 0.1) is 0 Å². The Hall–Kier alpha value is -4.25. The van der Waals surface area contributed by atoms with E-state index in [0.29, 0.717) is 0 Å². The van der Waals surface area contributed by atoms with Gasteiger partial charge in [-0.25, -0.2) is 0 Å². The fourth-order valence-electron chi connectivity index (χ4n) is 6.97. The van der Waals surface area contributed by atoms with Crippen molar-refractivity contribution in [2.75, 3.05) is 27.2 Å². The summed E-state index contributed by atoms with van der Waals surface area (Å²) >= 11 is 0. The molecule has 0 fully saturated rings. The molecule has 2 N–H and O–H groups in total. The van der Waals surface area contributed by atoms with E-state index in [1.54, 1.807) is 0 Å². The first-order chi connectivity index (χ1) is 22.7. The molecule has 0 atom stereocenters. The van der Waals surface area contributed by atoms with E-state index in [9.17, 15) is 0 Å². The van der Waals surface area contributed by atoms with Gasteiger partial charge in [0.1, 0.15) is 0 Å². The van der Waals surface area contributed by atoms with Gasteiger partial charge in [-0.05, 0) is 48.5 Å².